The monoisotopic (exact) mass is 369 g/mol. The van der Waals surface area contributed by atoms with Gasteiger partial charge in [0, 0.05) is 43.1 Å². The van der Waals surface area contributed by atoms with Crippen molar-refractivity contribution in [1.29, 1.82) is 0 Å². The number of unbranched alkanes of at least 4 members (excludes halogenated alkanes) is 1. The highest BCUT2D eigenvalue weighted by atomic mass is 16.7. The van der Waals surface area contributed by atoms with Crippen LogP contribution in [0.5, 0.6) is 0 Å². The Labute approximate surface area is 157 Å². The molecule has 0 bridgehead atoms. The van der Waals surface area contributed by atoms with E-state index in [4.69, 9.17) is 14.6 Å². The van der Waals surface area contributed by atoms with Crippen LogP contribution >= 0.6 is 0 Å². The van der Waals surface area contributed by atoms with E-state index in [0.717, 1.165) is 30.4 Å². The summed E-state index contributed by atoms with van der Waals surface area (Å²) in [4.78, 5) is 11.0. The summed E-state index contributed by atoms with van der Waals surface area (Å²) < 4.78 is 11.1. The average molecular weight is 370 g/mol. The minimum atomic E-state index is -0.500. The lowest BCUT2D eigenvalue weighted by Crippen LogP contribution is -2.22. The number of rotatable bonds is 12. The van der Waals surface area contributed by atoms with Crippen molar-refractivity contribution >= 4 is 0 Å². The molecule has 0 aliphatic heterocycles. The van der Waals surface area contributed by atoms with E-state index in [0.29, 0.717) is 32.7 Å². The molecule has 0 aliphatic rings. The van der Waals surface area contributed by atoms with Gasteiger partial charge in [0.05, 0.1) is 0 Å². The average Bonchev–Trinajstić information content (AvgIpc) is 2.65. The number of aliphatic hydroxyl groups excluding tert-OH is 1. The Kier molecular flexibility index (Phi) is 14.8. The van der Waals surface area contributed by atoms with Gasteiger partial charge in [0.2, 0.25) is 6.04 Å². The third-order valence-electron chi connectivity index (χ3n) is 3.77. The molecule has 0 fully saturated rings. The Hall–Kier alpha value is -1.50. The minimum Gasteiger partial charge on any atom is -0.396 e. The Balaban J connectivity index is 0.00000141. The molecule has 1 aromatic rings. The molecule has 1 N–H and O–H groups in total. The molecular formula is C20H35NO5. The van der Waals surface area contributed by atoms with Gasteiger partial charge in [-0.2, -0.15) is 0 Å². The molecule has 6 heteroatoms. The molecule has 1 aromatic carbocycles. The molecule has 0 aliphatic carbocycles. The zero-order valence-corrected chi connectivity index (χ0v) is 16.6. The summed E-state index contributed by atoms with van der Waals surface area (Å²) in [6, 6.07) is 7.23. The van der Waals surface area contributed by atoms with Crippen LogP contribution in [0.1, 0.15) is 70.8 Å². The molecule has 0 aromatic heterocycles. The van der Waals surface area contributed by atoms with Crippen molar-refractivity contribution in [2.45, 2.75) is 72.1 Å². The van der Waals surface area contributed by atoms with Crippen molar-refractivity contribution in [1.82, 2.24) is 0 Å². The summed E-state index contributed by atoms with van der Waals surface area (Å²) in [5.41, 5.74) is 1.92. The molecule has 1 unspecified atom stereocenters. The van der Waals surface area contributed by atoms with Gasteiger partial charge in [-0.05, 0) is 32.3 Å². The summed E-state index contributed by atoms with van der Waals surface area (Å²) in [7, 11) is 0. The summed E-state index contributed by atoms with van der Waals surface area (Å²) in [6.07, 6.45) is 3.48. The van der Waals surface area contributed by atoms with Gasteiger partial charge >= 0.3 is 0 Å². The fourth-order valence-electron chi connectivity index (χ4n) is 2.35. The van der Waals surface area contributed by atoms with Crippen LogP contribution in [0.15, 0.2) is 24.3 Å². The first-order chi connectivity index (χ1) is 12.5. The highest BCUT2D eigenvalue weighted by Gasteiger charge is 2.20. The highest BCUT2D eigenvalue weighted by molar-refractivity contribution is 5.24. The maximum atomic E-state index is 11.1. The first kappa shape index (κ1) is 24.5. The Morgan fingerprint density at radius 3 is 1.96 bits per heavy atom. The fraction of sp³-hybridized carbons (Fsp3) is 0.700. The molecular weight excluding hydrogens is 334 g/mol. The molecule has 0 amide bonds. The zero-order chi connectivity index (χ0) is 19.8. The van der Waals surface area contributed by atoms with E-state index in [9.17, 15) is 10.1 Å². The molecule has 6 nitrogen and oxygen atoms in total. The third kappa shape index (κ3) is 10.5. The van der Waals surface area contributed by atoms with Crippen LogP contribution in [0.25, 0.3) is 0 Å². The lowest BCUT2D eigenvalue weighted by atomic mass is 10.0. The standard InChI is InChI=1S/C17H27NO4.C3H8O/c1-4-7-8-16(18(19)20)13-14-9-11-15(12-10-14)17(21-5-2)22-6-3;1-2-3-4/h9-12,16-17H,4-8,13H2,1-3H3;4H,2-3H2,1H3. The van der Waals surface area contributed by atoms with Crippen molar-refractivity contribution in [3.63, 3.8) is 0 Å². The molecule has 0 spiro atoms. The van der Waals surface area contributed by atoms with Crippen molar-refractivity contribution in [3.8, 4) is 0 Å². The Morgan fingerprint density at radius 1 is 1.04 bits per heavy atom. The molecule has 0 radical (unpaired) electrons. The summed E-state index contributed by atoms with van der Waals surface area (Å²) in [6.45, 7) is 9.30. The topological polar surface area (TPSA) is 81.8 Å². The number of hydrogen-bond donors (Lipinski definition) is 1. The van der Waals surface area contributed by atoms with Gasteiger partial charge < -0.3 is 14.6 Å². The fourth-order valence-corrected chi connectivity index (χ4v) is 2.35. The number of nitro groups is 1. The van der Waals surface area contributed by atoms with Crippen LogP contribution in [-0.4, -0.2) is 35.9 Å². The smallest absolute Gasteiger partial charge is 0.217 e. The summed E-state index contributed by atoms with van der Waals surface area (Å²) in [5.74, 6) is 0. The van der Waals surface area contributed by atoms with Gasteiger partial charge in [0.1, 0.15) is 0 Å². The third-order valence-corrected chi connectivity index (χ3v) is 3.77. The lowest BCUT2D eigenvalue weighted by molar-refractivity contribution is -0.523. The normalized spacial score (nSPS) is 11.8. The van der Waals surface area contributed by atoms with Crippen LogP contribution in [0.2, 0.25) is 0 Å². The summed E-state index contributed by atoms with van der Waals surface area (Å²) in [5, 5.41) is 19.0. The van der Waals surface area contributed by atoms with E-state index in [1.54, 1.807) is 0 Å². The molecule has 1 atom stereocenters. The van der Waals surface area contributed by atoms with E-state index in [-0.39, 0.29) is 11.2 Å². The summed E-state index contributed by atoms with van der Waals surface area (Å²) >= 11 is 0. The van der Waals surface area contributed by atoms with Crippen LogP contribution < -0.4 is 0 Å². The molecule has 0 heterocycles. The van der Waals surface area contributed by atoms with Gasteiger partial charge in [0.25, 0.3) is 0 Å². The van der Waals surface area contributed by atoms with Gasteiger partial charge in [-0.25, -0.2) is 0 Å². The maximum absolute atomic E-state index is 11.1. The number of ether oxygens (including phenoxy) is 2. The predicted octanol–water partition coefficient (Wildman–Crippen LogP) is 4.52. The van der Waals surface area contributed by atoms with Crippen molar-refractivity contribution in [2.75, 3.05) is 19.8 Å². The van der Waals surface area contributed by atoms with E-state index >= 15 is 0 Å². The first-order valence-electron chi connectivity index (χ1n) is 9.60. The maximum Gasteiger partial charge on any atom is 0.217 e. The van der Waals surface area contributed by atoms with Crippen molar-refractivity contribution < 1.29 is 19.5 Å². The van der Waals surface area contributed by atoms with Gasteiger partial charge in [-0.1, -0.05) is 44.5 Å². The molecule has 26 heavy (non-hydrogen) atoms. The largest absolute Gasteiger partial charge is 0.396 e. The second-order valence-corrected chi connectivity index (χ2v) is 5.99. The second kappa shape index (κ2) is 15.7. The van der Waals surface area contributed by atoms with Gasteiger partial charge in [-0.15, -0.1) is 0 Å². The highest BCUT2D eigenvalue weighted by Crippen LogP contribution is 2.20. The van der Waals surface area contributed by atoms with Crippen LogP contribution in [0.3, 0.4) is 0 Å². The van der Waals surface area contributed by atoms with Crippen LogP contribution in [0, 0.1) is 10.1 Å². The van der Waals surface area contributed by atoms with Crippen molar-refractivity contribution in [3.05, 3.63) is 45.5 Å². The number of nitrogens with zero attached hydrogens (tertiary/aromatic N) is 1. The van der Waals surface area contributed by atoms with E-state index in [1.807, 2.05) is 52.0 Å². The van der Waals surface area contributed by atoms with Gasteiger partial charge in [-0.3, -0.25) is 10.1 Å². The predicted molar refractivity (Wildman–Crippen MR) is 104 cm³/mol. The van der Waals surface area contributed by atoms with E-state index in [1.165, 1.54) is 0 Å². The second-order valence-electron chi connectivity index (χ2n) is 5.99. The lowest BCUT2D eigenvalue weighted by Gasteiger charge is -2.17. The Morgan fingerprint density at radius 2 is 1.58 bits per heavy atom. The number of hydrogen-bond acceptors (Lipinski definition) is 5. The van der Waals surface area contributed by atoms with Gasteiger partial charge in [0.15, 0.2) is 6.29 Å². The molecule has 1 rings (SSSR count). The molecule has 0 saturated heterocycles. The van der Waals surface area contributed by atoms with E-state index < -0.39 is 6.04 Å². The molecule has 150 valence electrons. The Bertz CT molecular complexity index is 456. The zero-order valence-electron chi connectivity index (χ0n) is 16.6. The quantitative estimate of drug-likeness (QED) is 0.333. The molecule has 0 saturated carbocycles. The first-order valence-corrected chi connectivity index (χ1v) is 9.60. The van der Waals surface area contributed by atoms with Crippen LogP contribution in [-0.2, 0) is 15.9 Å². The van der Waals surface area contributed by atoms with Crippen molar-refractivity contribution in [2.24, 2.45) is 0 Å². The number of benzene rings is 1. The SMILES string of the molecule is CCCCC(Cc1ccc(C(OCC)OCC)cc1)[N+](=O)[O-].CCCO. The minimum absolute atomic E-state index is 0.160. The van der Waals surface area contributed by atoms with E-state index in [2.05, 4.69) is 0 Å². The van der Waals surface area contributed by atoms with Crippen LogP contribution in [0.4, 0.5) is 0 Å². The number of aliphatic hydroxyl groups is 1.